The second-order valence-electron chi connectivity index (χ2n) is 9.98. The van der Waals surface area contributed by atoms with Gasteiger partial charge in [-0.3, -0.25) is 4.79 Å². The normalized spacial score (nSPS) is 41.8. The van der Waals surface area contributed by atoms with Crippen LogP contribution in [0.2, 0.25) is 0 Å². The molecule has 0 amide bonds. The van der Waals surface area contributed by atoms with Crippen LogP contribution in [0.1, 0.15) is 65.7 Å². The maximum atomic E-state index is 11.4. The highest BCUT2D eigenvalue weighted by atomic mass is 16.5. The lowest BCUT2D eigenvalue weighted by Crippen LogP contribution is -2.50. The quantitative estimate of drug-likeness (QED) is 0.292. The molecular formula is C25H35NO3. The van der Waals surface area contributed by atoms with Gasteiger partial charge in [-0.15, -0.1) is 0 Å². The lowest BCUT2D eigenvalue weighted by Gasteiger charge is -2.58. The minimum absolute atomic E-state index is 0.0551. The van der Waals surface area contributed by atoms with Gasteiger partial charge in [0.25, 0.3) is 0 Å². The Morgan fingerprint density at radius 2 is 1.93 bits per heavy atom. The number of nitrogens with two attached hydrogens (primary N) is 1. The largest absolute Gasteiger partial charge is 0.516 e. The van der Waals surface area contributed by atoms with Gasteiger partial charge in [0.15, 0.2) is 0 Å². The highest BCUT2D eigenvalue weighted by Gasteiger charge is 2.57. The minimum atomic E-state index is -0.161. The topological polar surface area (TPSA) is 72.5 Å². The Hall–Kier alpha value is -1.97. The highest BCUT2D eigenvalue weighted by molar-refractivity contribution is 5.66. The first-order valence-electron chi connectivity index (χ1n) is 11.1. The number of aliphatic hydroxyl groups excluding tert-OH is 1. The zero-order valence-electron chi connectivity index (χ0n) is 18.0. The number of carbonyl (C=O) groups is 1. The van der Waals surface area contributed by atoms with Crippen LogP contribution in [0.4, 0.5) is 0 Å². The van der Waals surface area contributed by atoms with Crippen molar-refractivity contribution >= 4 is 5.97 Å². The van der Waals surface area contributed by atoms with Crippen LogP contribution < -0.4 is 5.73 Å². The number of rotatable bonds is 3. The van der Waals surface area contributed by atoms with E-state index in [0.29, 0.717) is 17.8 Å². The van der Waals surface area contributed by atoms with Crippen molar-refractivity contribution < 1.29 is 14.6 Å². The van der Waals surface area contributed by atoms with Crippen LogP contribution in [0, 0.1) is 28.6 Å². The Labute approximate surface area is 174 Å². The minimum Gasteiger partial charge on any atom is -0.516 e. The van der Waals surface area contributed by atoms with Gasteiger partial charge in [0.1, 0.15) is 6.10 Å². The molecule has 3 N–H and O–H groups in total. The summed E-state index contributed by atoms with van der Waals surface area (Å²) < 4.78 is 5.55. The van der Waals surface area contributed by atoms with Crippen LogP contribution in [0.5, 0.6) is 0 Å². The second-order valence-corrected chi connectivity index (χ2v) is 9.98. The Bertz CT molecular complexity index is 807. The smallest absolute Gasteiger partial charge is 0.302 e. The van der Waals surface area contributed by atoms with E-state index in [2.05, 4.69) is 26.0 Å². The van der Waals surface area contributed by atoms with E-state index >= 15 is 0 Å². The van der Waals surface area contributed by atoms with E-state index in [4.69, 9.17) is 10.5 Å². The van der Waals surface area contributed by atoms with Gasteiger partial charge < -0.3 is 15.6 Å². The molecule has 6 atom stereocenters. The van der Waals surface area contributed by atoms with Gasteiger partial charge in [-0.2, -0.15) is 0 Å². The summed E-state index contributed by atoms with van der Waals surface area (Å²) in [5.74, 6) is 1.84. The van der Waals surface area contributed by atoms with Crippen LogP contribution in [-0.4, -0.2) is 17.2 Å². The molecule has 4 heteroatoms. The summed E-state index contributed by atoms with van der Waals surface area (Å²) in [5, 5.41) is 9.29. The monoisotopic (exact) mass is 397 g/mol. The molecule has 0 bridgehead atoms. The van der Waals surface area contributed by atoms with Crippen molar-refractivity contribution in [3.05, 3.63) is 47.4 Å². The van der Waals surface area contributed by atoms with E-state index in [1.807, 2.05) is 0 Å². The van der Waals surface area contributed by atoms with Crippen LogP contribution in [0.3, 0.4) is 0 Å². The summed E-state index contributed by atoms with van der Waals surface area (Å²) in [6.07, 6.45) is 17.0. The Morgan fingerprint density at radius 3 is 2.62 bits per heavy atom. The molecule has 29 heavy (non-hydrogen) atoms. The fourth-order valence-electron chi connectivity index (χ4n) is 7.29. The van der Waals surface area contributed by atoms with Gasteiger partial charge in [0.05, 0.1) is 6.26 Å². The second kappa shape index (κ2) is 7.37. The molecular weight excluding hydrogens is 362 g/mol. The molecule has 4 aliphatic carbocycles. The van der Waals surface area contributed by atoms with E-state index in [0.717, 1.165) is 50.4 Å². The molecule has 2 fully saturated rings. The zero-order valence-corrected chi connectivity index (χ0v) is 18.0. The first kappa shape index (κ1) is 20.3. The number of aliphatic hydroxyl groups is 1. The van der Waals surface area contributed by atoms with Gasteiger partial charge in [-0.1, -0.05) is 31.6 Å². The SMILES string of the molecule is CC(=O)O[C@H]1CC[C@@]2(C)C(=CCC3C2CC[C@]2(C)C(C(/C=C\O)=C/N)=CCC32)C1. The summed E-state index contributed by atoms with van der Waals surface area (Å²) in [6, 6.07) is 0. The average Bonchev–Trinajstić information content (AvgIpc) is 3.03. The summed E-state index contributed by atoms with van der Waals surface area (Å²) >= 11 is 0. The zero-order chi connectivity index (χ0) is 20.8. The molecule has 2 saturated carbocycles. The number of hydrogen-bond donors (Lipinski definition) is 2. The molecule has 4 nitrogen and oxygen atoms in total. The Kier molecular flexibility index (Phi) is 5.16. The molecule has 0 aliphatic heterocycles. The third kappa shape index (κ3) is 3.15. The number of hydrogen-bond acceptors (Lipinski definition) is 4. The van der Waals surface area contributed by atoms with Gasteiger partial charge in [-0.25, -0.2) is 0 Å². The van der Waals surface area contributed by atoms with Gasteiger partial charge in [0.2, 0.25) is 0 Å². The number of esters is 1. The lowest BCUT2D eigenvalue weighted by atomic mass is 9.47. The van der Waals surface area contributed by atoms with E-state index < -0.39 is 0 Å². The number of carbonyl (C=O) groups excluding carboxylic acids is 1. The predicted octanol–water partition coefficient (Wildman–Crippen LogP) is 5.33. The van der Waals surface area contributed by atoms with Gasteiger partial charge >= 0.3 is 5.97 Å². The van der Waals surface area contributed by atoms with Crippen molar-refractivity contribution in [1.82, 2.24) is 0 Å². The lowest BCUT2D eigenvalue weighted by molar-refractivity contribution is -0.148. The standard InChI is InChI=1S/C25H35NO3/c1-16(28)29-19-8-11-24(2)18(14-19)4-5-20-22-7-6-21(17(15-26)10-13-27)25(22,3)12-9-23(20)24/h4,6,10,13,15,19-20,22-23,27H,5,7-9,11-12,14,26H2,1-3H3/b13-10-,17-15+/t19-,20?,22?,23?,24-,25+/m0/s1. The third-order valence-corrected chi connectivity index (χ3v) is 8.72. The van der Waals surface area contributed by atoms with Crippen LogP contribution in [0.15, 0.2) is 47.4 Å². The first-order chi connectivity index (χ1) is 13.8. The maximum Gasteiger partial charge on any atom is 0.302 e. The van der Waals surface area contributed by atoms with Crippen molar-refractivity contribution in [3.8, 4) is 0 Å². The van der Waals surface area contributed by atoms with Crippen molar-refractivity contribution in [1.29, 1.82) is 0 Å². The van der Waals surface area contributed by atoms with E-state index in [9.17, 15) is 9.90 Å². The van der Waals surface area contributed by atoms with Crippen molar-refractivity contribution in [2.45, 2.75) is 71.8 Å². The summed E-state index contributed by atoms with van der Waals surface area (Å²) in [7, 11) is 0. The third-order valence-electron chi connectivity index (χ3n) is 8.72. The first-order valence-corrected chi connectivity index (χ1v) is 11.1. The number of fused-ring (bicyclic) bond motifs is 5. The summed E-state index contributed by atoms with van der Waals surface area (Å²) in [4.78, 5) is 11.4. The van der Waals surface area contributed by atoms with Gasteiger partial charge in [0, 0.05) is 19.5 Å². The highest BCUT2D eigenvalue weighted by Crippen LogP contribution is 2.65. The molecule has 0 saturated heterocycles. The molecule has 0 spiro atoms. The van der Waals surface area contributed by atoms with Crippen LogP contribution in [0.25, 0.3) is 0 Å². The molecule has 4 aliphatic rings. The summed E-state index contributed by atoms with van der Waals surface area (Å²) in [5.41, 5.74) is 10.1. The van der Waals surface area contributed by atoms with Crippen LogP contribution >= 0.6 is 0 Å². The van der Waals surface area contributed by atoms with Crippen molar-refractivity contribution in [3.63, 3.8) is 0 Å². The molecule has 3 unspecified atom stereocenters. The molecule has 0 aromatic heterocycles. The molecule has 0 radical (unpaired) electrons. The van der Waals surface area contributed by atoms with E-state index in [1.54, 1.807) is 12.3 Å². The van der Waals surface area contributed by atoms with E-state index in [-0.39, 0.29) is 22.9 Å². The fourth-order valence-corrected chi connectivity index (χ4v) is 7.29. The van der Waals surface area contributed by atoms with Crippen LogP contribution in [-0.2, 0) is 9.53 Å². The van der Waals surface area contributed by atoms with Crippen molar-refractivity contribution in [2.75, 3.05) is 0 Å². The fraction of sp³-hybridized carbons (Fsp3) is 0.640. The molecule has 0 heterocycles. The van der Waals surface area contributed by atoms with E-state index in [1.165, 1.54) is 24.5 Å². The molecule has 0 aromatic rings. The van der Waals surface area contributed by atoms with Gasteiger partial charge in [-0.05, 0) is 84.3 Å². The number of allylic oxidation sites excluding steroid dienone is 5. The number of ether oxygens (including phenoxy) is 1. The molecule has 158 valence electrons. The Balaban J connectivity index is 1.59. The predicted molar refractivity (Wildman–Crippen MR) is 115 cm³/mol. The average molecular weight is 398 g/mol. The summed E-state index contributed by atoms with van der Waals surface area (Å²) in [6.45, 7) is 6.38. The van der Waals surface area contributed by atoms with Crippen molar-refractivity contribution in [2.24, 2.45) is 34.3 Å². The molecule has 4 rings (SSSR count). The Morgan fingerprint density at radius 1 is 1.17 bits per heavy atom. The molecule has 0 aromatic carbocycles. The maximum absolute atomic E-state index is 11.4.